The van der Waals surface area contributed by atoms with Crippen LogP contribution in [0.4, 0.5) is 0 Å². The number of nitrogens with zero attached hydrogens (tertiary/aromatic N) is 1. The van der Waals surface area contributed by atoms with Crippen LogP contribution in [-0.4, -0.2) is 93.9 Å². The Hall–Kier alpha value is -1.33. The number of amides is 1. The molecule has 6 atom stereocenters. The first-order valence-electron chi connectivity index (χ1n) is 14.9. The van der Waals surface area contributed by atoms with Crippen LogP contribution in [-0.2, 0) is 20.7 Å². The van der Waals surface area contributed by atoms with E-state index in [9.17, 15) is 9.90 Å². The van der Waals surface area contributed by atoms with Crippen molar-refractivity contribution in [3.8, 4) is 11.5 Å². The second kappa shape index (κ2) is 21.4. The van der Waals surface area contributed by atoms with Gasteiger partial charge in [-0.1, -0.05) is 26.8 Å². The summed E-state index contributed by atoms with van der Waals surface area (Å²) < 4.78 is 22.3. The topological polar surface area (TPSA) is 116 Å². The summed E-state index contributed by atoms with van der Waals surface area (Å²) in [7, 11) is 3.32. The van der Waals surface area contributed by atoms with E-state index in [1.54, 1.807) is 14.2 Å². The van der Waals surface area contributed by atoms with Crippen molar-refractivity contribution < 1.29 is 28.8 Å². The van der Waals surface area contributed by atoms with Crippen LogP contribution >= 0.6 is 24.8 Å². The zero-order valence-corrected chi connectivity index (χ0v) is 28.3. The van der Waals surface area contributed by atoms with Gasteiger partial charge in [0.05, 0.1) is 32.0 Å². The maximum atomic E-state index is 12.7. The Balaban J connectivity index is 0.00000840. The fourth-order valence-electron chi connectivity index (χ4n) is 5.37. The lowest BCUT2D eigenvalue weighted by Crippen LogP contribution is -2.48. The molecule has 42 heavy (non-hydrogen) atoms. The summed E-state index contributed by atoms with van der Waals surface area (Å²) in [4.78, 5) is 15.0. The van der Waals surface area contributed by atoms with Crippen molar-refractivity contribution in [2.45, 2.75) is 84.7 Å². The Morgan fingerprint density at radius 1 is 1.10 bits per heavy atom. The number of aliphatic hydroxyl groups is 1. The predicted molar refractivity (Wildman–Crippen MR) is 173 cm³/mol. The molecule has 0 spiro atoms. The summed E-state index contributed by atoms with van der Waals surface area (Å²) in [6.45, 7) is 14.7. The van der Waals surface area contributed by atoms with E-state index in [0.717, 1.165) is 43.8 Å². The molecule has 1 saturated heterocycles. The van der Waals surface area contributed by atoms with Crippen LogP contribution in [0.25, 0.3) is 0 Å². The van der Waals surface area contributed by atoms with Crippen molar-refractivity contribution in [2.75, 3.05) is 53.6 Å². The molecule has 0 bridgehead atoms. The molecule has 1 heterocycles. The SMILES string of the molecule is COCCCOc1cc(C[C@@H](C[C@H](N)[C@@H](O)C[C@@H](C)C(=O)NCCN2C[C@H](C)O[C@@H](C)C2)C(C)C)ccc1OC.Cl.Cl. The van der Waals surface area contributed by atoms with E-state index in [4.69, 9.17) is 24.7 Å². The van der Waals surface area contributed by atoms with E-state index < -0.39 is 12.1 Å². The van der Waals surface area contributed by atoms with Crippen molar-refractivity contribution >= 4 is 30.7 Å². The summed E-state index contributed by atoms with van der Waals surface area (Å²) in [6, 6.07) is 5.62. The number of rotatable bonds is 18. The van der Waals surface area contributed by atoms with Gasteiger partial charge in [0.1, 0.15) is 0 Å². The van der Waals surface area contributed by atoms with E-state index in [2.05, 4.69) is 44.0 Å². The van der Waals surface area contributed by atoms with E-state index in [0.29, 0.717) is 44.3 Å². The van der Waals surface area contributed by atoms with E-state index >= 15 is 0 Å². The smallest absolute Gasteiger partial charge is 0.222 e. The molecule has 2 rings (SSSR count). The number of aliphatic hydroxyl groups excluding tert-OH is 1. The number of methoxy groups -OCH3 is 2. The molecular formula is C31H57Cl2N3O6. The summed E-state index contributed by atoms with van der Waals surface area (Å²) >= 11 is 0. The normalized spacial score (nSPS) is 20.0. The first kappa shape index (κ1) is 40.7. The number of ether oxygens (including phenoxy) is 4. The van der Waals surface area contributed by atoms with Crippen molar-refractivity contribution in [1.29, 1.82) is 0 Å². The van der Waals surface area contributed by atoms with E-state index in [1.165, 1.54) is 0 Å². The van der Waals surface area contributed by atoms with Gasteiger partial charge in [0.2, 0.25) is 5.91 Å². The van der Waals surface area contributed by atoms with Gasteiger partial charge in [-0.3, -0.25) is 9.69 Å². The van der Waals surface area contributed by atoms with Gasteiger partial charge in [-0.25, -0.2) is 0 Å². The third-order valence-electron chi connectivity index (χ3n) is 7.75. The van der Waals surface area contributed by atoms with Gasteiger partial charge in [-0.15, -0.1) is 24.8 Å². The number of hydrogen-bond acceptors (Lipinski definition) is 8. The van der Waals surface area contributed by atoms with Gasteiger partial charge < -0.3 is 35.1 Å². The number of halogens is 2. The van der Waals surface area contributed by atoms with Crippen molar-refractivity contribution in [3.05, 3.63) is 23.8 Å². The molecule has 1 amide bonds. The number of nitrogens with two attached hydrogens (primary N) is 1. The summed E-state index contributed by atoms with van der Waals surface area (Å²) in [6.07, 6.45) is 2.27. The first-order valence-corrected chi connectivity index (χ1v) is 14.9. The highest BCUT2D eigenvalue weighted by molar-refractivity contribution is 5.85. The predicted octanol–water partition coefficient (Wildman–Crippen LogP) is 4.10. The highest BCUT2D eigenvalue weighted by Crippen LogP contribution is 2.31. The number of benzene rings is 1. The lowest BCUT2D eigenvalue weighted by atomic mass is 9.82. The van der Waals surface area contributed by atoms with Gasteiger partial charge in [-0.2, -0.15) is 0 Å². The Kier molecular flexibility index (Phi) is 20.7. The molecule has 0 saturated carbocycles. The molecule has 1 aliphatic heterocycles. The van der Waals surface area contributed by atoms with E-state index in [1.807, 2.05) is 19.1 Å². The lowest BCUT2D eigenvalue weighted by molar-refractivity contribution is -0.125. The molecule has 9 nitrogen and oxygen atoms in total. The molecule has 1 aromatic rings. The molecule has 0 aromatic heterocycles. The zero-order chi connectivity index (χ0) is 29.7. The molecule has 0 unspecified atom stereocenters. The Bertz CT molecular complexity index is 871. The standard InChI is InChI=1S/C31H55N3O6.2ClH/c1-21(2)26(16-25-9-10-29(38-7)30(17-25)39-14-8-13-37-6)18-27(32)28(35)15-22(3)31(36)33-11-12-34-19-23(4)40-24(5)20-34;;/h9-10,17,21-24,26-28,35H,8,11-16,18-20,32H2,1-7H3,(H,33,36);2*1H/t22-,23+,24+,26+,27+,28+;;/m1../s1. The average Bonchev–Trinajstić information content (AvgIpc) is 2.90. The second-order valence-electron chi connectivity index (χ2n) is 11.8. The number of morpholine rings is 1. The molecule has 1 fully saturated rings. The molecular weight excluding hydrogens is 581 g/mol. The lowest BCUT2D eigenvalue weighted by Gasteiger charge is -2.35. The van der Waals surface area contributed by atoms with Gasteiger partial charge >= 0.3 is 0 Å². The largest absolute Gasteiger partial charge is 0.493 e. The Morgan fingerprint density at radius 3 is 2.36 bits per heavy atom. The van der Waals surface area contributed by atoms with E-state index in [-0.39, 0.29) is 54.8 Å². The number of carbonyl (C=O) groups excluding carboxylic acids is 1. The van der Waals surface area contributed by atoms with Crippen LogP contribution in [0, 0.1) is 17.8 Å². The van der Waals surface area contributed by atoms with Crippen molar-refractivity contribution in [2.24, 2.45) is 23.5 Å². The van der Waals surface area contributed by atoms with Crippen LogP contribution in [0.2, 0.25) is 0 Å². The highest BCUT2D eigenvalue weighted by atomic mass is 35.5. The van der Waals surface area contributed by atoms with Crippen molar-refractivity contribution in [1.82, 2.24) is 10.2 Å². The van der Waals surface area contributed by atoms with Gasteiger partial charge in [0, 0.05) is 58.3 Å². The van der Waals surface area contributed by atoms with Crippen LogP contribution in [0.1, 0.15) is 59.4 Å². The number of carbonyl (C=O) groups is 1. The van der Waals surface area contributed by atoms with Crippen LogP contribution in [0.5, 0.6) is 11.5 Å². The third-order valence-corrected chi connectivity index (χ3v) is 7.75. The Morgan fingerprint density at radius 2 is 1.76 bits per heavy atom. The fourth-order valence-corrected chi connectivity index (χ4v) is 5.37. The minimum Gasteiger partial charge on any atom is -0.493 e. The quantitative estimate of drug-likeness (QED) is 0.206. The molecule has 11 heteroatoms. The number of nitrogens with one attached hydrogen (secondary N) is 1. The third kappa shape index (κ3) is 14.4. The maximum Gasteiger partial charge on any atom is 0.222 e. The molecule has 0 aliphatic carbocycles. The molecule has 1 aliphatic rings. The van der Waals surface area contributed by atoms with Crippen LogP contribution < -0.4 is 20.5 Å². The highest BCUT2D eigenvalue weighted by Gasteiger charge is 2.27. The minimum absolute atomic E-state index is 0. The molecule has 1 aromatic carbocycles. The Labute approximate surface area is 266 Å². The summed E-state index contributed by atoms with van der Waals surface area (Å²) in [5, 5.41) is 13.9. The average molecular weight is 639 g/mol. The van der Waals surface area contributed by atoms with Gasteiger partial charge in [0.15, 0.2) is 11.5 Å². The van der Waals surface area contributed by atoms with Crippen LogP contribution in [0.3, 0.4) is 0 Å². The van der Waals surface area contributed by atoms with Gasteiger partial charge in [0.25, 0.3) is 0 Å². The van der Waals surface area contributed by atoms with Gasteiger partial charge in [-0.05, 0) is 62.6 Å². The molecule has 4 N–H and O–H groups in total. The molecule has 0 radical (unpaired) electrons. The fraction of sp³-hybridized carbons (Fsp3) is 0.774. The summed E-state index contributed by atoms with van der Waals surface area (Å²) in [5.41, 5.74) is 7.63. The second-order valence-corrected chi connectivity index (χ2v) is 11.8. The monoisotopic (exact) mass is 637 g/mol. The number of hydrogen-bond donors (Lipinski definition) is 3. The zero-order valence-electron chi connectivity index (χ0n) is 26.7. The van der Waals surface area contributed by atoms with Crippen molar-refractivity contribution in [3.63, 3.8) is 0 Å². The van der Waals surface area contributed by atoms with Crippen LogP contribution in [0.15, 0.2) is 18.2 Å². The maximum absolute atomic E-state index is 12.7. The molecule has 246 valence electrons. The minimum atomic E-state index is -0.751. The first-order chi connectivity index (χ1) is 19.0. The summed E-state index contributed by atoms with van der Waals surface area (Å²) in [5.74, 6) is 1.70.